The standard InChI is InChI=1S/C7H10N4OS/c1-3-8-6-5(4-12)10-11-7(9-6)13-2/h4H,3H2,1-2H3,(H,8,9,11). The van der Waals surface area contributed by atoms with Crippen LogP contribution < -0.4 is 5.32 Å². The lowest BCUT2D eigenvalue weighted by molar-refractivity contribution is 0.111. The van der Waals surface area contributed by atoms with E-state index < -0.39 is 0 Å². The van der Waals surface area contributed by atoms with E-state index in [4.69, 9.17) is 0 Å². The van der Waals surface area contributed by atoms with Crippen molar-refractivity contribution in [2.24, 2.45) is 0 Å². The molecule has 0 aliphatic heterocycles. The third-order valence-electron chi connectivity index (χ3n) is 1.33. The normalized spacial score (nSPS) is 9.69. The summed E-state index contributed by atoms with van der Waals surface area (Å²) in [5, 5.41) is 11.0. The molecule has 0 saturated carbocycles. The van der Waals surface area contributed by atoms with E-state index in [1.165, 1.54) is 11.8 Å². The minimum Gasteiger partial charge on any atom is -0.368 e. The fraction of sp³-hybridized carbons (Fsp3) is 0.429. The summed E-state index contributed by atoms with van der Waals surface area (Å²) < 4.78 is 0. The molecule has 0 atom stereocenters. The highest BCUT2D eigenvalue weighted by Gasteiger charge is 2.06. The number of carbonyl (C=O) groups is 1. The van der Waals surface area contributed by atoms with Crippen molar-refractivity contribution in [2.45, 2.75) is 12.1 Å². The number of nitrogens with one attached hydrogen (secondary N) is 1. The van der Waals surface area contributed by atoms with Gasteiger partial charge >= 0.3 is 0 Å². The number of hydrogen-bond donors (Lipinski definition) is 1. The third-order valence-corrected chi connectivity index (χ3v) is 1.87. The van der Waals surface area contributed by atoms with Gasteiger partial charge in [-0.3, -0.25) is 4.79 Å². The van der Waals surface area contributed by atoms with Gasteiger partial charge in [0.15, 0.2) is 17.8 Å². The van der Waals surface area contributed by atoms with Crippen molar-refractivity contribution in [1.29, 1.82) is 0 Å². The van der Waals surface area contributed by atoms with Crippen molar-refractivity contribution in [2.75, 3.05) is 18.1 Å². The van der Waals surface area contributed by atoms with E-state index in [0.29, 0.717) is 23.8 Å². The lowest BCUT2D eigenvalue weighted by Gasteiger charge is -2.03. The monoisotopic (exact) mass is 198 g/mol. The average molecular weight is 198 g/mol. The molecule has 6 heteroatoms. The molecule has 0 unspecified atom stereocenters. The topological polar surface area (TPSA) is 67.8 Å². The van der Waals surface area contributed by atoms with Gasteiger partial charge in [0.05, 0.1) is 0 Å². The van der Waals surface area contributed by atoms with Crippen LogP contribution in [0.3, 0.4) is 0 Å². The second-order valence-electron chi connectivity index (χ2n) is 2.18. The summed E-state index contributed by atoms with van der Waals surface area (Å²) in [6.45, 7) is 2.63. The molecule has 0 fully saturated rings. The number of hydrogen-bond acceptors (Lipinski definition) is 6. The predicted octanol–water partition coefficient (Wildman–Crippen LogP) is 0.838. The van der Waals surface area contributed by atoms with E-state index in [-0.39, 0.29) is 5.69 Å². The van der Waals surface area contributed by atoms with Gasteiger partial charge < -0.3 is 5.32 Å². The van der Waals surface area contributed by atoms with Gasteiger partial charge in [-0.2, -0.15) is 0 Å². The molecule has 1 rings (SSSR count). The van der Waals surface area contributed by atoms with Crippen LogP contribution in [0.2, 0.25) is 0 Å². The molecule has 0 spiro atoms. The first-order valence-electron chi connectivity index (χ1n) is 3.79. The molecule has 0 aromatic carbocycles. The molecular weight excluding hydrogens is 188 g/mol. The summed E-state index contributed by atoms with van der Waals surface area (Å²) in [6, 6.07) is 0. The van der Waals surface area contributed by atoms with Crippen LogP contribution >= 0.6 is 11.8 Å². The first kappa shape index (κ1) is 9.91. The van der Waals surface area contributed by atoms with Crippen molar-refractivity contribution in [1.82, 2.24) is 15.2 Å². The second kappa shape index (κ2) is 4.76. The average Bonchev–Trinajstić information content (AvgIpc) is 2.18. The third kappa shape index (κ3) is 2.38. The van der Waals surface area contributed by atoms with Crippen LogP contribution in [-0.4, -0.2) is 34.3 Å². The van der Waals surface area contributed by atoms with Gasteiger partial charge in [0.1, 0.15) is 0 Å². The molecule has 13 heavy (non-hydrogen) atoms. The smallest absolute Gasteiger partial charge is 0.210 e. The van der Waals surface area contributed by atoms with E-state index in [1.807, 2.05) is 13.2 Å². The number of rotatable bonds is 4. The van der Waals surface area contributed by atoms with Gasteiger partial charge in [-0.15, -0.1) is 10.2 Å². The van der Waals surface area contributed by atoms with Crippen LogP contribution in [0.1, 0.15) is 17.4 Å². The Hall–Kier alpha value is -1.17. The molecular formula is C7H10N4OS. The largest absolute Gasteiger partial charge is 0.368 e. The minimum atomic E-state index is 0.250. The summed E-state index contributed by atoms with van der Waals surface area (Å²) in [5.74, 6) is 0.497. The van der Waals surface area contributed by atoms with Crippen LogP contribution in [-0.2, 0) is 0 Å². The molecule has 0 aliphatic carbocycles. The highest BCUT2D eigenvalue weighted by atomic mass is 32.2. The number of nitrogens with zero attached hydrogens (tertiary/aromatic N) is 3. The quantitative estimate of drug-likeness (QED) is 0.571. The molecule has 1 N–H and O–H groups in total. The number of aromatic nitrogens is 3. The van der Waals surface area contributed by atoms with Gasteiger partial charge in [-0.05, 0) is 13.2 Å². The Bertz CT molecular complexity index is 305. The maximum absolute atomic E-state index is 10.5. The van der Waals surface area contributed by atoms with E-state index in [1.54, 1.807) is 0 Å². The first-order valence-corrected chi connectivity index (χ1v) is 5.02. The van der Waals surface area contributed by atoms with E-state index in [2.05, 4.69) is 20.5 Å². The molecule has 5 nitrogen and oxygen atoms in total. The number of carbonyl (C=O) groups excluding carboxylic acids is 1. The lowest BCUT2D eigenvalue weighted by atomic mass is 10.4. The summed E-state index contributed by atoms with van der Waals surface area (Å²) in [7, 11) is 0. The van der Waals surface area contributed by atoms with Crippen molar-refractivity contribution >= 4 is 23.9 Å². The number of anilines is 1. The van der Waals surface area contributed by atoms with Gasteiger partial charge in [0.25, 0.3) is 0 Å². The van der Waals surface area contributed by atoms with Gasteiger partial charge in [0.2, 0.25) is 5.16 Å². The highest BCUT2D eigenvalue weighted by molar-refractivity contribution is 7.98. The van der Waals surface area contributed by atoms with E-state index >= 15 is 0 Å². The zero-order valence-electron chi connectivity index (χ0n) is 7.44. The number of thioether (sulfide) groups is 1. The van der Waals surface area contributed by atoms with Crippen molar-refractivity contribution in [3.63, 3.8) is 0 Å². The fourth-order valence-electron chi connectivity index (χ4n) is 0.783. The lowest BCUT2D eigenvalue weighted by Crippen LogP contribution is -2.07. The Kier molecular flexibility index (Phi) is 3.63. The molecule has 1 aromatic heterocycles. The minimum absolute atomic E-state index is 0.250. The molecule has 1 heterocycles. The molecule has 1 aromatic rings. The fourth-order valence-corrected chi connectivity index (χ4v) is 1.09. The summed E-state index contributed by atoms with van der Waals surface area (Å²) in [4.78, 5) is 14.6. The molecule has 0 aliphatic rings. The first-order chi connectivity index (χ1) is 6.31. The van der Waals surface area contributed by atoms with Gasteiger partial charge in [0, 0.05) is 6.54 Å². The predicted molar refractivity (Wildman–Crippen MR) is 51.2 cm³/mol. The highest BCUT2D eigenvalue weighted by Crippen LogP contribution is 2.12. The Morgan fingerprint density at radius 3 is 2.85 bits per heavy atom. The van der Waals surface area contributed by atoms with Crippen LogP contribution in [0.5, 0.6) is 0 Å². The van der Waals surface area contributed by atoms with E-state index in [9.17, 15) is 4.79 Å². The Labute approximate surface area is 80.4 Å². The second-order valence-corrected chi connectivity index (χ2v) is 2.95. The molecule has 0 saturated heterocycles. The van der Waals surface area contributed by atoms with Gasteiger partial charge in [-0.1, -0.05) is 11.8 Å². The Morgan fingerprint density at radius 1 is 1.54 bits per heavy atom. The molecule has 0 bridgehead atoms. The maximum atomic E-state index is 10.5. The van der Waals surface area contributed by atoms with Crippen LogP contribution in [0, 0.1) is 0 Å². The van der Waals surface area contributed by atoms with Crippen LogP contribution in [0.4, 0.5) is 5.82 Å². The van der Waals surface area contributed by atoms with Crippen molar-refractivity contribution in [3.05, 3.63) is 5.69 Å². The Balaban J connectivity index is 3.02. The van der Waals surface area contributed by atoms with Crippen molar-refractivity contribution < 1.29 is 4.79 Å². The zero-order chi connectivity index (χ0) is 9.68. The van der Waals surface area contributed by atoms with Crippen LogP contribution in [0.15, 0.2) is 5.16 Å². The number of aldehydes is 1. The maximum Gasteiger partial charge on any atom is 0.210 e. The summed E-state index contributed by atoms with van der Waals surface area (Å²) in [5.41, 5.74) is 0.250. The summed E-state index contributed by atoms with van der Waals surface area (Å²) >= 11 is 1.39. The molecule has 0 amide bonds. The molecule has 0 radical (unpaired) electrons. The van der Waals surface area contributed by atoms with Crippen molar-refractivity contribution in [3.8, 4) is 0 Å². The van der Waals surface area contributed by atoms with E-state index in [0.717, 1.165) is 0 Å². The zero-order valence-corrected chi connectivity index (χ0v) is 8.26. The van der Waals surface area contributed by atoms with Gasteiger partial charge in [-0.25, -0.2) is 4.98 Å². The summed E-state index contributed by atoms with van der Waals surface area (Å²) in [6.07, 6.45) is 2.50. The molecule has 70 valence electrons. The SMILES string of the molecule is CCNc1nc(SC)nnc1C=O. The van der Waals surface area contributed by atoms with Crippen LogP contribution in [0.25, 0.3) is 0 Å². The Morgan fingerprint density at radius 2 is 2.31 bits per heavy atom.